The molecule has 0 aliphatic rings. The largest absolute Gasteiger partial charge is 0.492 e. The van der Waals surface area contributed by atoms with Crippen LogP contribution in [0.5, 0.6) is 5.75 Å². The molecule has 0 aromatic heterocycles. The monoisotopic (exact) mass is 327 g/mol. The average molecular weight is 328 g/mol. The van der Waals surface area contributed by atoms with Crippen molar-refractivity contribution in [2.24, 2.45) is 0 Å². The van der Waals surface area contributed by atoms with Crippen LogP contribution in [0.2, 0.25) is 0 Å². The van der Waals surface area contributed by atoms with Crippen LogP contribution < -0.4 is 10.1 Å². The number of ether oxygens (including phenoxy) is 1. The minimum absolute atomic E-state index is 0.472. The van der Waals surface area contributed by atoms with Gasteiger partial charge in [-0.05, 0) is 43.0 Å². The standard InChI is InChI=1S/C16H26BrNO/c1-5-6-13(4)18-9-10-19-16-8-7-14(17)11-15(16)12(2)3/h7-8,11-13,18H,5-6,9-10H2,1-4H3. The third kappa shape index (κ3) is 5.96. The van der Waals surface area contributed by atoms with E-state index in [1.807, 2.05) is 6.07 Å². The maximum atomic E-state index is 5.90. The summed E-state index contributed by atoms with van der Waals surface area (Å²) >= 11 is 3.51. The van der Waals surface area contributed by atoms with Crippen LogP contribution in [-0.2, 0) is 0 Å². The van der Waals surface area contributed by atoms with Gasteiger partial charge in [0.15, 0.2) is 0 Å². The Morgan fingerprint density at radius 3 is 2.63 bits per heavy atom. The van der Waals surface area contributed by atoms with Crippen molar-refractivity contribution < 1.29 is 4.74 Å². The minimum Gasteiger partial charge on any atom is -0.492 e. The third-order valence-electron chi connectivity index (χ3n) is 3.17. The molecule has 1 atom stereocenters. The Bertz CT molecular complexity index is 379. The van der Waals surface area contributed by atoms with Gasteiger partial charge >= 0.3 is 0 Å². The summed E-state index contributed by atoms with van der Waals surface area (Å²) in [5.41, 5.74) is 1.26. The fourth-order valence-electron chi connectivity index (χ4n) is 2.10. The quantitative estimate of drug-likeness (QED) is 0.697. The van der Waals surface area contributed by atoms with Crippen molar-refractivity contribution >= 4 is 15.9 Å². The summed E-state index contributed by atoms with van der Waals surface area (Å²) in [4.78, 5) is 0. The second-order valence-corrected chi connectivity index (χ2v) is 6.24. The SMILES string of the molecule is CCCC(C)NCCOc1ccc(Br)cc1C(C)C. The van der Waals surface area contributed by atoms with Crippen LogP contribution in [0.1, 0.15) is 52.0 Å². The molecule has 0 amide bonds. The summed E-state index contributed by atoms with van der Waals surface area (Å²) in [6, 6.07) is 6.80. The summed E-state index contributed by atoms with van der Waals surface area (Å²) < 4.78 is 7.01. The topological polar surface area (TPSA) is 21.3 Å². The zero-order valence-corrected chi connectivity index (χ0v) is 14.1. The fraction of sp³-hybridized carbons (Fsp3) is 0.625. The Hall–Kier alpha value is -0.540. The van der Waals surface area contributed by atoms with E-state index in [1.54, 1.807) is 0 Å². The van der Waals surface area contributed by atoms with Gasteiger partial charge in [0.25, 0.3) is 0 Å². The van der Waals surface area contributed by atoms with E-state index in [1.165, 1.54) is 18.4 Å². The second kappa shape index (κ2) is 8.60. The molecule has 0 aliphatic heterocycles. The molecule has 1 aromatic rings. The lowest BCUT2D eigenvalue weighted by molar-refractivity contribution is 0.301. The predicted octanol–water partition coefficient (Wildman–Crippen LogP) is 4.73. The lowest BCUT2D eigenvalue weighted by Gasteiger charge is -2.16. The van der Waals surface area contributed by atoms with Gasteiger partial charge in [-0.2, -0.15) is 0 Å². The molecule has 0 radical (unpaired) electrons. The Morgan fingerprint density at radius 2 is 2.00 bits per heavy atom. The van der Waals surface area contributed by atoms with Crippen LogP contribution in [0.3, 0.4) is 0 Å². The number of halogens is 1. The summed E-state index contributed by atoms with van der Waals surface area (Å²) in [6.45, 7) is 10.4. The summed E-state index contributed by atoms with van der Waals surface area (Å²) in [5.74, 6) is 1.47. The van der Waals surface area contributed by atoms with Gasteiger partial charge in [0.2, 0.25) is 0 Å². The van der Waals surface area contributed by atoms with E-state index < -0.39 is 0 Å². The fourth-order valence-corrected chi connectivity index (χ4v) is 2.48. The molecule has 108 valence electrons. The highest BCUT2D eigenvalue weighted by Gasteiger charge is 2.08. The molecule has 0 bridgehead atoms. The van der Waals surface area contributed by atoms with Crippen LogP contribution >= 0.6 is 15.9 Å². The van der Waals surface area contributed by atoms with Crippen LogP contribution in [-0.4, -0.2) is 19.2 Å². The molecular formula is C16H26BrNO. The zero-order chi connectivity index (χ0) is 14.3. The molecule has 1 N–H and O–H groups in total. The van der Waals surface area contributed by atoms with Crippen molar-refractivity contribution in [2.45, 2.75) is 52.5 Å². The number of nitrogens with one attached hydrogen (secondary N) is 1. The normalized spacial score (nSPS) is 12.7. The maximum Gasteiger partial charge on any atom is 0.122 e. The van der Waals surface area contributed by atoms with Gasteiger partial charge in [0, 0.05) is 17.1 Å². The van der Waals surface area contributed by atoms with Gasteiger partial charge in [-0.25, -0.2) is 0 Å². The van der Waals surface area contributed by atoms with E-state index in [2.05, 4.69) is 61.1 Å². The third-order valence-corrected chi connectivity index (χ3v) is 3.66. The lowest BCUT2D eigenvalue weighted by atomic mass is 10.0. The Labute approximate surface area is 126 Å². The molecule has 1 rings (SSSR count). The van der Waals surface area contributed by atoms with Crippen molar-refractivity contribution in [1.82, 2.24) is 5.32 Å². The molecule has 0 aliphatic carbocycles. The van der Waals surface area contributed by atoms with E-state index in [9.17, 15) is 0 Å². The lowest BCUT2D eigenvalue weighted by Crippen LogP contribution is -2.30. The smallest absolute Gasteiger partial charge is 0.122 e. The van der Waals surface area contributed by atoms with Gasteiger partial charge in [0.05, 0.1) is 0 Å². The summed E-state index contributed by atoms with van der Waals surface area (Å²) in [6.07, 6.45) is 2.44. The highest BCUT2D eigenvalue weighted by molar-refractivity contribution is 9.10. The first-order valence-electron chi connectivity index (χ1n) is 7.20. The van der Waals surface area contributed by atoms with Gasteiger partial charge in [-0.15, -0.1) is 0 Å². The molecule has 0 saturated heterocycles. The van der Waals surface area contributed by atoms with Gasteiger partial charge < -0.3 is 10.1 Å². The van der Waals surface area contributed by atoms with Crippen molar-refractivity contribution in [2.75, 3.05) is 13.2 Å². The molecule has 0 fully saturated rings. The van der Waals surface area contributed by atoms with Gasteiger partial charge in [0.1, 0.15) is 12.4 Å². The van der Waals surface area contributed by atoms with Gasteiger partial charge in [-0.3, -0.25) is 0 Å². The Morgan fingerprint density at radius 1 is 1.26 bits per heavy atom. The molecule has 0 spiro atoms. The van der Waals surface area contributed by atoms with Crippen LogP contribution in [0.4, 0.5) is 0 Å². The molecule has 1 aromatic carbocycles. The van der Waals surface area contributed by atoms with Gasteiger partial charge in [-0.1, -0.05) is 43.1 Å². The van der Waals surface area contributed by atoms with Crippen LogP contribution in [0.25, 0.3) is 0 Å². The average Bonchev–Trinajstić information content (AvgIpc) is 2.36. The van der Waals surface area contributed by atoms with Crippen LogP contribution in [0.15, 0.2) is 22.7 Å². The highest BCUT2D eigenvalue weighted by atomic mass is 79.9. The summed E-state index contributed by atoms with van der Waals surface area (Å²) in [5, 5.41) is 3.48. The predicted molar refractivity (Wildman–Crippen MR) is 86.1 cm³/mol. The second-order valence-electron chi connectivity index (χ2n) is 5.33. The molecule has 3 heteroatoms. The summed E-state index contributed by atoms with van der Waals surface area (Å²) in [7, 11) is 0. The van der Waals surface area contributed by atoms with E-state index in [0.29, 0.717) is 12.0 Å². The van der Waals surface area contributed by atoms with Crippen LogP contribution in [0, 0.1) is 0 Å². The number of hydrogen-bond acceptors (Lipinski definition) is 2. The van der Waals surface area contributed by atoms with Crippen molar-refractivity contribution in [1.29, 1.82) is 0 Å². The number of rotatable bonds is 8. The number of hydrogen-bond donors (Lipinski definition) is 1. The minimum atomic E-state index is 0.472. The van der Waals surface area contributed by atoms with Crippen molar-refractivity contribution in [3.05, 3.63) is 28.2 Å². The zero-order valence-electron chi connectivity index (χ0n) is 12.5. The Balaban J connectivity index is 2.45. The van der Waals surface area contributed by atoms with E-state index in [4.69, 9.17) is 4.74 Å². The molecule has 0 saturated carbocycles. The first-order valence-corrected chi connectivity index (χ1v) is 7.99. The Kier molecular flexibility index (Phi) is 7.47. The van der Waals surface area contributed by atoms with E-state index in [0.717, 1.165) is 23.4 Å². The highest BCUT2D eigenvalue weighted by Crippen LogP contribution is 2.29. The molecule has 19 heavy (non-hydrogen) atoms. The first-order chi connectivity index (χ1) is 9.04. The molecule has 1 unspecified atom stereocenters. The number of benzene rings is 1. The molecule has 0 heterocycles. The van der Waals surface area contributed by atoms with Crippen molar-refractivity contribution in [3.8, 4) is 5.75 Å². The molecular weight excluding hydrogens is 302 g/mol. The first kappa shape index (κ1) is 16.5. The van der Waals surface area contributed by atoms with Crippen molar-refractivity contribution in [3.63, 3.8) is 0 Å². The van der Waals surface area contributed by atoms with E-state index in [-0.39, 0.29) is 0 Å². The molecule has 2 nitrogen and oxygen atoms in total. The van der Waals surface area contributed by atoms with E-state index >= 15 is 0 Å². The maximum absolute atomic E-state index is 5.90.